The third-order valence-corrected chi connectivity index (χ3v) is 6.76. The number of fused-ring (bicyclic) bond motifs is 2. The number of aliphatic carboxylic acids is 1. The second-order valence-electron chi connectivity index (χ2n) is 8.81. The summed E-state index contributed by atoms with van der Waals surface area (Å²) in [5, 5.41) is 16.5. The summed E-state index contributed by atoms with van der Waals surface area (Å²) >= 11 is 5.88. The summed E-state index contributed by atoms with van der Waals surface area (Å²) in [6.07, 6.45) is 1.97. The molecular formula is C25H21ClF2N4O5. The lowest BCUT2D eigenvalue weighted by Crippen LogP contribution is -2.61. The van der Waals surface area contributed by atoms with Crippen LogP contribution in [0.1, 0.15) is 24.7 Å². The van der Waals surface area contributed by atoms with Gasteiger partial charge in [0, 0.05) is 44.4 Å². The van der Waals surface area contributed by atoms with Gasteiger partial charge in [-0.2, -0.15) is 0 Å². The monoisotopic (exact) mass is 530 g/mol. The number of pyridine rings is 1. The predicted molar refractivity (Wildman–Crippen MR) is 128 cm³/mol. The third-order valence-electron chi connectivity index (χ3n) is 6.39. The molecule has 1 aromatic carbocycles. The van der Waals surface area contributed by atoms with Crippen molar-refractivity contribution in [3.8, 4) is 17.1 Å². The first-order valence-corrected chi connectivity index (χ1v) is 11.8. The lowest BCUT2D eigenvalue weighted by atomic mass is 9.84. The minimum atomic E-state index is -1.05. The van der Waals surface area contributed by atoms with Crippen LogP contribution in [-0.2, 0) is 16.2 Å². The van der Waals surface area contributed by atoms with E-state index in [0.717, 1.165) is 12.1 Å². The average Bonchev–Trinajstić information content (AvgIpc) is 3.33. The number of carbonyl (C=O) groups is 2. The first-order chi connectivity index (χ1) is 17.7. The Bertz CT molecular complexity index is 1410. The second-order valence-corrected chi connectivity index (χ2v) is 9.19. The highest BCUT2D eigenvalue weighted by molar-refractivity contribution is 6.33. The molecule has 2 aromatic heterocycles. The van der Waals surface area contributed by atoms with Gasteiger partial charge in [0.25, 0.3) is 0 Å². The number of hydrogen-bond acceptors (Lipinski definition) is 7. The zero-order valence-electron chi connectivity index (χ0n) is 19.5. The smallest absolute Gasteiger partial charge is 0.333 e. The van der Waals surface area contributed by atoms with E-state index in [4.69, 9.17) is 20.9 Å². The van der Waals surface area contributed by atoms with E-state index in [-0.39, 0.29) is 53.6 Å². The van der Waals surface area contributed by atoms with Gasteiger partial charge in [0.05, 0.1) is 22.2 Å². The number of carboxylic acids is 1. The summed E-state index contributed by atoms with van der Waals surface area (Å²) in [5.74, 6) is -2.18. The SMILES string of the molecule is CC(=O)N1C[C@H]2CC(c3ccc(OCc4cc(-c5c(F)ccc(F)c5Cl)no4)nc3)=C(C(=O)O)[C@@H](C1)N2. The Kier molecular flexibility index (Phi) is 6.65. The maximum atomic E-state index is 14.1. The van der Waals surface area contributed by atoms with Crippen LogP contribution in [0.2, 0.25) is 5.02 Å². The number of rotatable bonds is 6. The van der Waals surface area contributed by atoms with Gasteiger partial charge in [-0.15, -0.1) is 0 Å². The maximum Gasteiger partial charge on any atom is 0.333 e. The molecule has 9 nitrogen and oxygen atoms in total. The van der Waals surface area contributed by atoms with Crippen LogP contribution in [0, 0.1) is 11.6 Å². The molecule has 0 saturated carbocycles. The Morgan fingerprint density at radius 3 is 2.73 bits per heavy atom. The molecule has 2 atom stereocenters. The number of nitrogens with one attached hydrogen (secondary N) is 1. The first kappa shape index (κ1) is 24.8. The summed E-state index contributed by atoms with van der Waals surface area (Å²) in [6, 6.07) is 6.05. The lowest BCUT2D eigenvalue weighted by Gasteiger charge is -2.43. The zero-order valence-corrected chi connectivity index (χ0v) is 20.3. The Labute approximate surface area is 214 Å². The average molecular weight is 531 g/mol. The van der Waals surface area contributed by atoms with Crippen LogP contribution in [0.15, 0.2) is 46.6 Å². The van der Waals surface area contributed by atoms with Crippen LogP contribution in [-0.4, -0.2) is 57.2 Å². The Morgan fingerprint density at radius 2 is 2.03 bits per heavy atom. The van der Waals surface area contributed by atoms with Crippen LogP contribution < -0.4 is 10.1 Å². The maximum absolute atomic E-state index is 14.1. The summed E-state index contributed by atoms with van der Waals surface area (Å²) in [6.45, 7) is 2.17. The highest BCUT2D eigenvalue weighted by atomic mass is 35.5. The van der Waals surface area contributed by atoms with Gasteiger partial charge in [-0.3, -0.25) is 4.79 Å². The molecule has 1 amide bonds. The Morgan fingerprint density at radius 1 is 1.24 bits per heavy atom. The molecule has 2 aliphatic rings. The summed E-state index contributed by atoms with van der Waals surface area (Å²) < 4.78 is 38.6. The van der Waals surface area contributed by atoms with Crippen LogP contribution in [0.3, 0.4) is 0 Å². The molecule has 192 valence electrons. The normalized spacial score (nSPS) is 19.2. The Balaban J connectivity index is 1.31. The summed E-state index contributed by atoms with van der Waals surface area (Å²) in [7, 11) is 0. The van der Waals surface area contributed by atoms with Gasteiger partial charge in [0.2, 0.25) is 11.8 Å². The number of benzene rings is 1. The number of nitrogens with zero attached hydrogens (tertiary/aromatic N) is 3. The van der Waals surface area contributed by atoms with Crippen molar-refractivity contribution < 1.29 is 32.7 Å². The minimum absolute atomic E-state index is 0.0249. The molecule has 0 unspecified atom stereocenters. The molecule has 0 radical (unpaired) electrons. The van der Waals surface area contributed by atoms with Gasteiger partial charge < -0.3 is 24.6 Å². The topological polar surface area (TPSA) is 118 Å². The number of carboxylic acid groups (broad SMARTS) is 1. The van der Waals surface area contributed by atoms with Gasteiger partial charge in [0.1, 0.15) is 17.3 Å². The minimum Gasteiger partial charge on any atom is -0.478 e. The quantitative estimate of drug-likeness (QED) is 0.463. The van der Waals surface area contributed by atoms with E-state index >= 15 is 0 Å². The van der Waals surface area contributed by atoms with E-state index in [9.17, 15) is 23.5 Å². The predicted octanol–water partition coefficient (Wildman–Crippen LogP) is 3.68. The van der Waals surface area contributed by atoms with Crippen LogP contribution >= 0.6 is 11.6 Å². The third kappa shape index (κ3) is 4.92. The zero-order chi connectivity index (χ0) is 26.3. The molecule has 3 aromatic rings. The fourth-order valence-corrected chi connectivity index (χ4v) is 4.92. The van der Waals surface area contributed by atoms with Crippen molar-refractivity contribution in [2.75, 3.05) is 13.1 Å². The van der Waals surface area contributed by atoms with E-state index in [2.05, 4.69) is 15.5 Å². The van der Waals surface area contributed by atoms with Crippen molar-refractivity contribution in [2.45, 2.75) is 32.0 Å². The largest absolute Gasteiger partial charge is 0.478 e. The molecule has 12 heteroatoms. The number of carbonyl (C=O) groups excluding carboxylic acids is 1. The van der Waals surface area contributed by atoms with Crippen molar-refractivity contribution in [2.24, 2.45) is 0 Å². The van der Waals surface area contributed by atoms with Crippen molar-refractivity contribution in [1.29, 1.82) is 0 Å². The molecule has 0 aliphatic carbocycles. The molecule has 37 heavy (non-hydrogen) atoms. The molecule has 2 aliphatic heterocycles. The van der Waals surface area contributed by atoms with Crippen LogP contribution in [0.5, 0.6) is 5.88 Å². The van der Waals surface area contributed by atoms with Gasteiger partial charge in [0.15, 0.2) is 12.4 Å². The van der Waals surface area contributed by atoms with E-state index < -0.39 is 28.7 Å². The number of halogens is 3. The molecule has 1 fully saturated rings. The fourth-order valence-electron chi connectivity index (χ4n) is 4.67. The summed E-state index contributed by atoms with van der Waals surface area (Å²) in [4.78, 5) is 29.9. The standard InChI is InChI=1S/C25H21ClF2N4O5/c1-12(33)32-9-14-6-16(22(25(34)35)20(10-32)30-14)13-2-5-21(29-8-13)36-11-15-7-19(31-37-15)23-17(27)3-4-18(28)24(23)26/h2-5,7-8,14,20,30H,6,9-11H2,1H3,(H,34,35)/t14-,20-/m1/s1. The fraction of sp³-hybridized carbons (Fsp3) is 0.280. The van der Waals surface area contributed by atoms with Crippen LogP contribution in [0.25, 0.3) is 16.8 Å². The van der Waals surface area contributed by atoms with E-state index in [1.54, 1.807) is 17.0 Å². The number of piperazine rings is 1. The number of amides is 1. The molecule has 5 rings (SSSR count). The molecule has 1 saturated heterocycles. The van der Waals surface area contributed by atoms with Gasteiger partial charge in [-0.1, -0.05) is 16.8 Å². The van der Waals surface area contributed by atoms with Gasteiger partial charge >= 0.3 is 5.97 Å². The van der Waals surface area contributed by atoms with E-state index in [0.29, 0.717) is 24.1 Å². The molecule has 4 heterocycles. The van der Waals surface area contributed by atoms with Crippen LogP contribution in [0.4, 0.5) is 8.78 Å². The van der Waals surface area contributed by atoms with Crippen molar-refractivity contribution in [3.05, 3.63) is 70.1 Å². The number of ether oxygens (including phenoxy) is 1. The highest BCUT2D eigenvalue weighted by Gasteiger charge is 2.39. The van der Waals surface area contributed by atoms with E-state index in [1.807, 2.05) is 0 Å². The van der Waals surface area contributed by atoms with Crippen molar-refractivity contribution in [1.82, 2.24) is 20.4 Å². The first-order valence-electron chi connectivity index (χ1n) is 11.4. The second kappa shape index (κ2) is 9.91. The number of aromatic nitrogens is 2. The highest BCUT2D eigenvalue weighted by Crippen LogP contribution is 2.34. The van der Waals surface area contributed by atoms with Gasteiger partial charge in [-0.05, 0) is 35.8 Å². The molecular weight excluding hydrogens is 510 g/mol. The van der Waals surface area contributed by atoms with Crippen molar-refractivity contribution >= 4 is 29.1 Å². The molecule has 0 spiro atoms. The van der Waals surface area contributed by atoms with Crippen molar-refractivity contribution in [3.63, 3.8) is 0 Å². The molecule has 2 N–H and O–H groups in total. The summed E-state index contributed by atoms with van der Waals surface area (Å²) in [5.41, 5.74) is 1.35. The van der Waals surface area contributed by atoms with Gasteiger partial charge in [-0.25, -0.2) is 18.6 Å². The Hall–Kier alpha value is -3.83. The lowest BCUT2D eigenvalue weighted by molar-refractivity contribution is -0.135. The molecule has 2 bridgehead atoms. The van der Waals surface area contributed by atoms with E-state index in [1.165, 1.54) is 19.2 Å². The number of hydrogen-bond donors (Lipinski definition) is 2.